The molecule has 1 fully saturated rings. The van der Waals surface area contributed by atoms with E-state index < -0.39 is 0 Å². The first-order chi connectivity index (χ1) is 7.31. The van der Waals surface area contributed by atoms with Crippen molar-refractivity contribution in [2.75, 3.05) is 0 Å². The molecule has 1 saturated carbocycles. The van der Waals surface area contributed by atoms with Crippen molar-refractivity contribution < 1.29 is 0 Å². The Kier molecular flexibility index (Phi) is 3.69. The van der Waals surface area contributed by atoms with E-state index in [1.165, 1.54) is 41.2 Å². The number of halogens is 1. The number of hydrogen-bond acceptors (Lipinski definition) is 0. The number of terminal acetylenes is 1. The topological polar surface area (TPSA) is 0 Å². The van der Waals surface area contributed by atoms with Crippen LogP contribution in [0.3, 0.4) is 0 Å². The lowest BCUT2D eigenvalue weighted by atomic mass is 9.84. The molecule has 0 unspecified atom stereocenters. The zero-order chi connectivity index (χ0) is 10.7. The molecule has 0 spiro atoms. The van der Waals surface area contributed by atoms with Gasteiger partial charge in [-0.3, -0.25) is 0 Å². The van der Waals surface area contributed by atoms with Gasteiger partial charge in [0.2, 0.25) is 0 Å². The first kappa shape index (κ1) is 11.0. The van der Waals surface area contributed by atoms with Gasteiger partial charge in [-0.25, -0.2) is 0 Å². The molecule has 0 aliphatic heterocycles. The molecule has 2 rings (SSSR count). The Balaban J connectivity index is 2.24. The van der Waals surface area contributed by atoms with Crippen LogP contribution in [0.25, 0.3) is 0 Å². The highest BCUT2D eigenvalue weighted by Gasteiger charge is 2.17. The van der Waals surface area contributed by atoms with Gasteiger partial charge in [0, 0.05) is 9.13 Å². The van der Waals surface area contributed by atoms with Gasteiger partial charge >= 0.3 is 0 Å². The van der Waals surface area contributed by atoms with Gasteiger partial charge < -0.3 is 0 Å². The molecule has 0 saturated heterocycles. The smallest absolute Gasteiger partial charge is 0.0253 e. The summed E-state index contributed by atoms with van der Waals surface area (Å²) in [6.45, 7) is 0. The van der Waals surface area contributed by atoms with Crippen LogP contribution in [0.15, 0.2) is 18.2 Å². The molecule has 0 nitrogen and oxygen atoms in total. The summed E-state index contributed by atoms with van der Waals surface area (Å²) in [6, 6.07) is 6.43. The Hall–Kier alpha value is -0.490. The van der Waals surface area contributed by atoms with Crippen LogP contribution in [0.5, 0.6) is 0 Å². The van der Waals surface area contributed by atoms with Gasteiger partial charge in [0.1, 0.15) is 0 Å². The SMILES string of the molecule is C#Cc1ccc(C2CCCCC2)c(I)c1. The monoisotopic (exact) mass is 310 g/mol. The fourth-order valence-corrected chi connectivity index (χ4v) is 3.32. The Morgan fingerprint density at radius 3 is 2.53 bits per heavy atom. The van der Waals surface area contributed by atoms with Gasteiger partial charge in [-0.05, 0) is 59.0 Å². The molecule has 1 aromatic carbocycles. The van der Waals surface area contributed by atoms with E-state index in [0.717, 1.165) is 11.5 Å². The van der Waals surface area contributed by atoms with Crippen LogP contribution in [0.4, 0.5) is 0 Å². The third kappa shape index (κ3) is 2.55. The molecule has 0 amide bonds. The van der Waals surface area contributed by atoms with Crippen LogP contribution < -0.4 is 0 Å². The zero-order valence-corrected chi connectivity index (χ0v) is 11.0. The first-order valence-corrected chi connectivity index (χ1v) is 6.65. The highest BCUT2D eigenvalue weighted by atomic mass is 127. The molecule has 0 aromatic heterocycles. The van der Waals surface area contributed by atoms with Crippen molar-refractivity contribution in [3.63, 3.8) is 0 Å². The van der Waals surface area contributed by atoms with Crippen molar-refractivity contribution in [1.82, 2.24) is 0 Å². The minimum absolute atomic E-state index is 0.775. The summed E-state index contributed by atoms with van der Waals surface area (Å²) in [5.41, 5.74) is 2.51. The van der Waals surface area contributed by atoms with Crippen molar-refractivity contribution >= 4 is 22.6 Å². The predicted octanol–water partition coefficient (Wildman–Crippen LogP) is 4.32. The van der Waals surface area contributed by atoms with Gasteiger partial charge in [-0.15, -0.1) is 6.42 Å². The Bertz CT molecular complexity index is 381. The summed E-state index contributed by atoms with van der Waals surface area (Å²) in [4.78, 5) is 0. The molecular formula is C14H15I. The van der Waals surface area contributed by atoms with Crippen LogP contribution in [0.1, 0.15) is 49.1 Å². The summed E-state index contributed by atoms with van der Waals surface area (Å²) in [5.74, 6) is 3.47. The molecule has 15 heavy (non-hydrogen) atoms. The van der Waals surface area contributed by atoms with Crippen LogP contribution in [-0.2, 0) is 0 Å². The van der Waals surface area contributed by atoms with Gasteiger partial charge in [0.15, 0.2) is 0 Å². The van der Waals surface area contributed by atoms with Gasteiger partial charge in [0.25, 0.3) is 0 Å². The zero-order valence-electron chi connectivity index (χ0n) is 8.80. The highest BCUT2D eigenvalue weighted by molar-refractivity contribution is 14.1. The number of rotatable bonds is 1. The minimum atomic E-state index is 0.775. The maximum Gasteiger partial charge on any atom is 0.0253 e. The van der Waals surface area contributed by atoms with Crippen LogP contribution in [-0.4, -0.2) is 0 Å². The third-order valence-electron chi connectivity index (χ3n) is 3.21. The molecular weight excluding hydrogens is 295 g/mol. The molecule has 0 N–H and O–H groups in total. The largest absolute Gasteiger partial charge is 0.115 e. The van der Waals surface area contributed by atoms with Crippen LogP contribution in [0.2, 0.25) is 0 Å². The van der Waals surface area contributed by atoms with E-state index in [9.17, 15) is 0 Å². The van der Waals surface area contributed by atoms with E-state index >= 15 is 0 Å². The fraction of sp³-hybridized carbons (Fsp3) is 0.429. The second-order valence-corrected chi connectivity index (χ2v) is 5.38. The molecule has 78 valence electrons. The lowest BCUT2D eigenvalue weighted by Gasteiger charge is -2.23. The summed E-state index contributed by atoms with van der Waals surface area (Å²) >= 11 is 2.42. The van der Waals surface area contributed by atoms with Crippen molar-refractivity contribution in [3.8, 4) is 12.3 Å². The van der Waals surface area contributed by atoms with Crippen LogP contribution in [0, 0.1) is 15.9 Å². The second-order valence-electron chi connectivity index (χ2n) is 4.22. The molecule has 0 atom stereocenters. The maximum atomic E-state index is 5.39. The standard InChI is InChI=1S/C14H15I/c1-2-11-8-9-13(14(15)10-11)12-6-4-3-5-7-12/h1,8-10,12H,3-7H2. The highest BCUT2D eigenvalue weighted by Crippen LogP contribution is 2.35. The number of benzene rings is 1. The van der Waals surface area contributed by atoms with E-state index in [1.54, 1.807) is 0 Å². The molecule has 0 radical (unpaired) electrons. The summed E-state index contributed by atoms with van der Waals surface area (Å²) in [5, 5.41) is 0. The molecule has 0 heterocycles. The van der Waals surface area contributed by atoms with Gasteiger partial charge in [-0.1, -0.05) is 31.2 Å². The van der Waals surface area contributed by atoms with E-state index in [0.29, 0.717) is 0 Å². The van der Waals surface area contributed by atoms with Gasteiger partial charge in [0.05, 0.1) is 0 Å². The van der Waals surface area contributed by atoms with E-state index in [2.05, 4.69) is 46.7 Å². The molecule has 1 aliphatic carbocycles. The Labute approximate surface area is 106 Å². The molecule has 1 heteroatoms. The average Bonchev–Trinajstić information content (AvgIpc) is 2.30. The lowest BCUT2D eigenvalue weighted by Crippen LogP contribution is -2.06. The van der Waals surface area contributed by atoms with Gasteiger partial charge in [-0.2, -0.15) is 0 Å². The van der Waals surface area contributed by atoms with Crippen molar-refractivity contribution in [2.45, 2.75) is 38.0 Å². The number of hydrogen-bond donors (Lipinski definition) is 0. The lowest BCUT2D eigenvalue weighted by molar-refractivity contribution is 0.442. The Morgan fingerprint density at radius 2 is 1.93 bits per heavy atom. The average molecular weight is 310 g/mol. The predicted molar refractivity (Wildman–Crippen MR) is 72.9 cm³/mol. The minimum Gasteiger partial charge on any atom is -0.115 e. The van der Waals surface area contributed by atoms with E-state index in [-0.39, 0.29) is 0 Å². The van der Waals surface area contributed by atoms with Crippen LogP contribution >= 0.6 is 22.6 Å². The molecule has 1 aromatic rings. The van der Waals surface area contributed by atoms with E-state index in [1.807, 2.05) is 0 Å². The molecule has 1 aliphatic rings. The molecule has 0 bridgehead atoms. The third-order valence-corrected chi connectivity index (χ3v) is 4.15. The normalized spacial score (nSPS) is 17.3. The maximum absolute atomic E-state index is 5.39. The Morgan fingerprint density at radius 1 is 1.20 bits per heavy atom. The fourth-order valence-electron chi connectivity index (χ4n) is 2.36. The summed E-state index contributed by atoms with van der Waals surface area (Å²) in [7, 11) is 0. The van der Waals surface area contributed by atoms with E-state index in [4.69, 9.17) is 6.42 Å². The second kappa shape index (κ2) is 5.03. The first-order valence-electron chi connectivity index (χ1n) is 5.57. The summed E-state index contributed by atoms with van der Waals surface area (Å²) in [6.07, 6.45) is 12.3. The van der Waals surface area contributed by atoms with Crippen molar-refractivity contribution in [2.24, 2.45) is 0 Å². The van der Waals surface area contributed by atoms with Crippen molar-refractivity contribution in [3.05, 3.63) is 32.9 Å². The quantitative estimate of drug-likeness (QED) is 0.535. The van der Waals surface area contributed by atoms with Crippen molar-refractivity contribution in [1.29, 1.82) is 0 Å². The summed E-state index contributed by atoms with van der Waals surface area (Å²) < 4.78 is 1.34.